The minimum Gasteiger partial charge on any atom is -0.490 e. The Labute approximate surface area is 282 Å². The highest BCUT2D eigenvalue weighted by Gasteiger charge is 2.34. The van der Waals surface area contributed by atoms with Crippen LogP contribution in [0.3, 0.4) is 0 Å². The fourth-order valence-electron chi connectivity index (χ4n) is 5.73. The highest BCUT2D eigenvalue weighted by molar-refractivity contribution is 5.40. The summed E-state index contributed by atoms with van der Waals surface area (Å²) in [6, 6.07) is 14.3. The number of hydrogen-bond acceptors (Lipinski definition) is 3. The maximum Gasteiger partial charge on any atom is 0.573 e. The van der Waals surface area contributed by atoms with Gasteiger partial charge < -0.3 is 14.2 Å². The Morgan fingerprint density at radius 1 is 0.560 bits per heavy atom. The maximum atomic E-state index is 15.9. The molecule has 0 amide bonds. The van der Waals surface area contributed by atoms with Crippen LogP contribution in [0.1, 0.15) is 72.8 Å². The van der Waals surface area contributed by atoms with Gasteiger partial charge in [-0.05, 0) is 95.7 Å². The molecule has 2 atom stereocenters. The molecular weight excluding hydrogens is 682 g/mol. The molecule has 4 aromatic carbocycles. The molecule has 4 rings (SSSR count). The van der Waals surface area contributed by atoms with Crippen molar-refractivity contribution in [3.05, 3.63) is 124 Å². The summed E-state index contributed by atoms with van der Waals surface area (Å²) in [5.74, 6) is -8.49. The molecule has 0 bridgehead atoms. The topological polar surface area (TPSA) is 27.7 Å². The molecule has 0 spiro atoms. The lowest BCUT2D eigenvalue weighted by molar-refractivity contribution is -0.275. The van der Waals surface area contributed by atoms with Crippen LogP contribution >= 0.6 is 0 Å². The number of halogens is 10. The van der Waals surface area contributed by atoms with Crippen LogP contribution in [0.2, 0.25) is 0 Å². The monoisotopic (exact) mass is 716 g/mol. The Morgan fingerprint density at radius 3 is 1.68 bits per heavy atom. The third-order valence-electron chi connectivity index (χ3n) is 8.18. The molecule has 3 nitrogen and oxygen atoms in total. The maximum absolute atomic E-state index is 15.9. The number of unbranched alkanes of at least 4 members (excludes halogenated alkanes) is 2. The first-order valence-corrected chi connectivity index (χ1v) is 15.9. The first-order valence-electron chi connectivity index (χ1n) is 15.9. The van der Waals surface area contributed by atoms with Gasteiger partial charge in [-0.2, -0.15) is 4.39 Å². The van der Waals surface area contributed by atoms with E-state index in [1.165, 1.54) is 48.5 Å². The lowest BCUT2D eigenvalue weighted by Gasteiger charge is -2.30. The van der Waals surface area contributed by atoms with E-state index in [9.17, 15) is 26.3 Å². The summed E-state index contributed by atoms with van der Waals surface area (Å²) < 4.78 is 152. The number of alkyl halides is 6. The van der Waals surface area contributed by atoms with Crippen molar-refractivity contribution in [1.82, 2.24) is 0 Å². The summed E-state index contributed by atoms with van der Waals surface area (Å²) in [6.45, 7) is 3.72. The Kier molecular flexibility index (Phi) is 12.7. The molecular formula is C37H34F10O3. The molecule has 270 valence electrons. The van der Waals surface area contributed by atoms with Crippen molar-refractivity contribution in [2.24, 2.45) is 0 Å². The van der Waals surface area contributed by atoms with E-state index in [-0.39, 0.29) is 53.9 Å². The van der Waals surface area contributed by atoms with Crippen molar-refractivity contribution in [1.29, 1.82) is 0 Å². The van der Waals surface area contributed by atoms with E-state index in [1.807, 2.05) is 6.92 Å². The molecule has 0 heterocycles. The fourth-order valence-corrected chi connectivity index (χ4v) is 5.73. The van der Waals surface area contributed by atoms with Gasteiger partial charge >= 0.3 is 12.7 Å². The molecule has 0 saturated heterocycles. The zero-order valence-corrected chi connectivity index (χ0v) is 27.0. The second-order valence-corrected chi connectivity index (χ2v) is 11.6. The molecule has 0 aliphatic heterocycles. The van der Waals surface area contributed by atoms with Gasteiger partial charge in [-0.25, -0.2) is 13.2 Å². The van der Waals surface area contributed by atoms with E-state index in [4.69, 9.17) is 4.74 Å². The minimum absolute atomic E-state index is 0.0616. The highest BCUT2D eigenvalue weighted by Crippen LogP contribution is 2.42. The van der Waals surface area contributed by atoms with Crippen LogP contribution in [0, 0.1) is 23.3 Å². The van der Waals surface area contributed by atoms with E-state index >= 15 is 17.6 Å². The number of benzene rings is 4. The van der Waals surface area contributed by atoms with Crippen LogP contribution in [0.25, 0.3) is 0 Å². The van der Waals surface area contributed by atoms with Crippen LogP contribution in [0.5, 0.6) is 17.2 Å². The number of hydrogen-bond donors (Lipinski definition) is 0. The Bertz CT molecular complexity index is 1700. The fraction of sp³-hybridized carbons (Fsp3) is 0.351. The molecule has 50 heavy (non-hydrogen) atoms. The lowest BCUT2D eigenvalue weighted by Crippen LogP contribution is -2.20. The van der Waals surface area contributed by atoms with Gasteiger partial charge in [-0.15, -0.1) is 26.3 Å². The standard InChI is InChI=1S/C37H34F10O3/c1-3-5-6-19-48-31-18-12-25(33(39)35(31)41)21-29(24-9-15-27(16-10-24)50-37(45,46)47)30(28-17-11-23(4-2)32(38)34(28)40)20-22-7-13-26(14-8-22)49-36(42,43)44/h7-18,29-30H,3-6,19-21H2,1-2H3. The number of ether oxygens (including phenoxy) is 3. The third kappa shape index (κ3) is 10.3. The largest absolute Gasteiger partial charge is 0.573 e. The van der Waals surface area contributed by atoms with Gasteiger partial charge in [0.25, 0.3) is 0 Å². The summed E-state index contributed by atoms with van der Waals surface area (Å²) in [7, 11) is 0. The van der Waals surface area contributed by atoms with Crippen LogP contribution < -0.4 is 14.2 Å². The number of aryl methyl sites for hydroxylation is 1. The normalized spacial score (nSPS) is 13.2. The molecule has 2 unspecified atom stereocenters. The molecule has 0 radical (unpaired) electrons. The minimum atomic E-state index is -5.01. The average Bonchev–Trinajstić information content (AvgIpc) is 3.05. The number of rotatable bonds is 15. The van der Waals surface area contributed by atoms with E-state index < -0.39 is 59.3 Å². The van der Waals surface area contributed by atoms with E-state index in [0.717, 1.165) is 37.1 Å². The second-order valence-electron chi connectivity index (χ2n) is 11.6. The SMILES string of the molecule is CCCCCOc1ccc(CC(c2ccc(OC(F)(F)F)cc2)C(Cc2ccc(OC(F)(F)F)cc2)c2ccc(CC)c(F)c2F)c(F)c1F. The summed E-state index contributed by atoms with van der Waals surface area (Å²) in [5.41, 5.74) is 0.266. The average molecular weight is 717 g/mol. The molecule has 4 aromatic rings. The van der Waals surface area contributed by atoms with Gasteiger partial charge in [0, 0.05) is 0 Å². The van der Waals surface area contributed by atoms with Gasteiger partial charge in [-0.3, -0.25) is 0 Å². The van der Waals surface area contributed by atoms with Gasteiger partial charge in [0.15, 0.2) is 23.2 Å². The van der Waals surface area contributed by atoms with Gasteiger partial charge in [0.1, 0.15) is 11.5 Å². The summed E-state index contributed by atoms with van der Waals surface area (Å²) in [4.78, 5) is 0. The van der Waals surface area contributed by atoms with Gasteiger partial charge in [-0.1, -0.05) is 69.2 Å². The van der Waals surface area contributed by atoms with Crippen LogP contribution in [-0.2, 0) is 19.3 Å². The molecule has 0 saturated carbocycles. The van der Waals surface area contributed by atoms with E-state index in [2.05, 4.69) is 9.47 Å². The molecule has 0 aliphatic rings. The second kappa shape index (κ2) is 16.5. The zero-order chi connectivity index (χ0) is 36.6. The molecule has 0 aromatic heterocycles. The van der Waals surface area contributed by atoms with Gasteiger partial charge in [0.05, 0.1) is 6.61 Å². The molecule has 0 aliphatic carbocycles. The quantitative estimate of drug-likeness (QED) is 0.0906. The lowest BCUT2D eigenvalue weighted by atomic mass is 9.74. The van der Waals surface area contributed by atoms with Gasteiger partial charge in [0.2, 0.25) is 5.82 Å². The van der Waals surface area contributed by atoms with E-state index in [1.54, 1.807) is 6.92 Å². The van der Waals surface area contributed by atoms with Crippen LogP contribution in [-0.4, -0.2) is 19.3 Å². The predicted octanol–water partition coefficient (Wildman–Crippen LogP) is 11.5. The molecule has 13 heteroatoms. The van der Waals surface area contributed by atoms with Crippen LogP contribution in [0.15, 0.2) is 72.8 Å². The third-order valence-corrected chi connectivity index (χ3v) is 8.18. The zero-order valence-electron chi connectivity index (χ0n) is 27.0. The predicted molar refractivity (Wildman–Crippen MR) is 166 cm³/mol. The Morgan fingerprint density at radius 2 is 1.12 bits per heavy atom. The first kappa shape index (κ1) is 38.4. The van der Waals surface area contributed by atoms with Crippen molar-refractivity contribution in [2.75, 3.05) is 6.61 Å². The van der Waals surface area contributed by atoms with Crippen molar-refractivity contribution in [3.8, 4) is 17.2 Å². The Hall–Kier alpha value is -4.42. The summed E-state index contributed by atoms with van der Waals surface area (Å²) >= 11 is 0. The molecule has 0 N–H and O–H groups in total. The summed E-state index contributed by atoms with van der Waals surface area (Å²) in [5, 5.41) is 0. The smallest absolute Gasteiger partial charge is 0.490 e. The summed E-state index contributed by atoms with van der Waals surface area (Å²) in [6.07, 6.45) is -8.04. The van der Waals surface area contributed by atoms with Crippen molar-refractivity contribution < 1.29 is 58.1 Å². The first-order chi connectivity index (χ1) is 23.6. The highest BCUT2D eigenvalue weighted by atomic mass is 19.4. The van der Waals surface area contributed by atoms with Crippen molar-refractivity contribution in [2.45, 2.75) is 76.9 Å². The van der Waals surface area contributed by atoms with E-state index in [0.29, 0.717) is 12.0 Å². The van der Waals surface area contributed by atoms with Crippen LogP contribution in [0.4, 0.5) is 43.9 Å². The Balaban J connectivity index is 1.83. The van der Waals surface area contributed by atoms with Crippen molar-refractivity contribution in [3.63, 3.8) is 0 Å². The molecule has 0 fully saturated rings. The van der Waals surface area contributed by atoms with Crippen molar-refractivity contribution >= 4 is 0 Å².